The van der Waals surface area contributed by atoms with E-state index in [2.05, 4.69) is 20.6 Å². The van der Waals surface area contributed by atoms with Crippen molar-refractivity contribution in [1.82, 2.24) is 15.3 Å². The molecule has 2 heterocycles. The van der Waals surface area contributed by atoms with Crippen LogP contribution < -0.4 is 10.6 Å². The van der Waals surface area contributed by atoms with Crippen molar-refractivity contribution >= 4 is 39.8 Å². The Bertz CT molecular complexity index is 693. The van der Waals surface area contributed by atoms with Crippen LogP contribution in [0.25, 0.3) is 0 Å². The summed E-state index contributed by atoms with van der Waals surface area (Å²) in [6.07, 6.45) is 8.66. The van der Waals surface area contributed by atoms with Crippen LogP contribution in [0.15, 0.2) is 18.3 Å². The van der Waals surface area contributed by atoms with Crippen LogP contribution in [0, 0.1) is 6.92 Å². The summed E-state index contributed by atoms with van der Waals surface area (Å²) in [4.78, 5) is 21.8. The third kappa shape index (κ3) is 4.45. The van der Waals surface area contributed by atoms with Gasteiger partial charge in [-0.15, -0.1) is 0 Å². The molecule has 1 fully saturated rings. The molecule has 24 heavy (non-hydrogen) atoms. The molecule has 0 aromatic carbocycles. The Morgan fingerprint density at radius 1 is 1.25 bits per heavy atom. The number of hydrogen-bond donors (Lipinski definition) is 2. The number of rotatable bonds is 4. The maximum atomic E-state index is 12.6. The molecule has 0 unspecified atom stereocenters. The molecule has 2 N–H and O–H groups in total. The van der Waals surface area contributed by atoms with Gasteiger partial charge in [0.2, 0.25) is 0 Å². The zero-order valence-corrected chi connectivity index (χ0v) is 15.2. The van der Waals surface area contributed by atoms with E-state index < -0.39 is 0 Å². The van der Waals surface area contributed by atoms with E-state index in [9.17, 15) is 4.79 Å². The maximum absolute atomic E-state index is 12.6. The molecule has 0 radical (unpaired) electrons. The van der Waals surface area contributed by atoms with Crippen molar-refractivity contribution in [3.05, 3.63) is 33.9 Å². The molecule has 2 aromatic rings. The number of nitrogens with zero attached hydrogens (tertiary/aromatic N) is 2. The molecule has 0 saturated heterocycles. The Balaban J connectivity index is 1.66. The number of aryl methyl sites for hydroxylation is 1. The first kappa shape index (κ1) is 17.2. The molecule has 3 rings (SSSR count). The molecular formula is C17H21ClN4OS. The van der Waals surface area contributed by atoms with Crippen LogP contribution in [-0.4, -0.2) is 21.9 Å². The zero-order valence-electron chi connectivity index (χ0n) is 13.6. The quantitative estimate of drug-likeness (QED) is 0.772. The number of carbonyl (C=O) groups excluding carboxylic acids is 1. The summed E-state index contributed by atoms with van der Waals surface area (Å²) in [5.74, 6) is 0.637. The predicted octanol–water partition coefficient (Wildman–Crippen LogP) is 4.70. The molecule has 7 heteroatoms. The van der Waals surface area contributed by atoms with Crippen molar-refractivity contribution in [3.63, 3.8) is 0 Å². The van der Waals surface area contributed by atoms with E-state index >= 15 is 0 Å². The van der Waals surface area contributed by atoms with Gasteiger partial charge in [0.1, 0.15) is 10.7 Å². The summed E-state index contributed by atoms with van der Waals surface area (Å²) >= 11 is 7.19. The molecule has 128 valence electrons. The summed E-state index contributed by atoms with van der Waals surface area (Å²) in [7, 11) is 0. The highest BCUT2D eigenvalue weighted by atomic mass is 35.5. The first-order valence-electron chi connectivity index (χ1n) is 8.28. The Morgan fingerprint density at radius 2 is 2.00 bits per heavy atom. The fraction of sp³-hybridized carbons (Fsp3) is 0.471. The summed E-state index contributed by atoms with van der Waals surface area (Å²) in [5, 5.41) is 7.53. The van der Waals surface area contributed by atoms with Gasteiger partial charge in [-0.25, -0.2) is 9.97 Å². The van der Waals surface area contributed by atoms with Crippen molar-refractivity contribution in [2.45, 2.75) is 51.5 Å². The highest BCUT2D eigenvalue weighted by Crippen LogP contribution is 2.26. The smallest absolute Gasteiger partial charge is 0.263 e. The summed E-state index contributed by atoms with van der Waals surface area (Å²) in [5.41, 5.74) is 0.739. The van der Waals surface area contributed by atoms with Crippen LogP contribution in [0.5, 0.6) is 0 Å². The van der Waals surface area contributed by atoms with Gasteiger partial charge in [0.25, 0.3) is 5.91 Å². The molecule has 2 aromatic heterocycles. The first-order valence-corrected chi connectivity index (χ1v) is 9.48. The number of halogens is 1. The Labute approximate surface area is 150 Å². The fourth-order valence-corrected chi connectivity index (χ4v) is 3.88. The molecule has 0 aliphatic heterocycles. The molecule has 0 spiro atoms. The number of anilines is 2. The maximum Gasteiger partial charge on any atom is 0.263 e. The van der Waals surface area contributed by atoms with E-state index in [4.69, 9.17) is 11.6 Å². The summed E-state index contributed by atoms with van der Waals surface area (Å²) in [6, 6.07) is 3.83. The predicted molar refractivity (Wildman–Crippen MR) is 98.3 cm³/mol. The molecule has 0 atom stereocenters. The Kier molecular flexibility index (Phi) is 5.68. The average molecular weight is 365 g/mol. The lowest BCUT2D eigenvalue weighted by molar-refractivity contribution is 0.0936. The zero-order chi connectivity index (χ0) is 16.9. The van der Waals surface area contributed by atoms with Gasteiger partial charge in [-0.2, -0.15) is 0 Å². The Morgan fingerprint density at radius 3 is 2.67 bits per heavy atom. The van der Waals surface area contributed by atoms with Gasteiger partial charge < -0.3 is 10.6 Å². The monoisotopic (exact) mass is 364 g/mol. The van der Waals surface area contributed by atoms with Crippen molar-refractivity contribution in [2.24, 2.45) is 0 Å². The minimum atomic E-state index is -0.0194. The van der Waals surface area contributed by atoms with Gasteiger partial charge in [-0.1, -0.05) is 48.6 Å². The highest BCUT2D eigenvalue weighted by molar-refractivity contribution is 7.17. The number of thiazole rings is 1. The van der Waals surface area contributed by atoms with Gasteiger partial charge >= 0.3 is 0 Å². The van der Waals surface area contributed by atoms with E-state index in [0.717, 1.165) is 18.5 Å². The van der Waals surface area contributed by atoms with Gasteiger partial charge in [0.05, 0.1) is 10.7 Å². The summed E-state index contributed by atoms with van der Waals surface area (Å²) < 4.78 is 0. The molecule has 1 aliphatic rings. The van der Waals surface area contributed by atoms with Crippen LogP contribution in [0.2, 0.25) is 5.02 Å². The van der Waals surface area contributed by atoms with Gasteiger partial charge in [-0.05, 0) is 31.9 Å². The molecule has 0 bridgehead atoms. The molecule has 1 amide bonds. The molecular weight excluding hydrogens is 344 g/mol. The third-order valence-electron chi connectivity index (χ3n) is 4.16. The summed E-state index contributed by atoms with van der Waals surface area (Å²) in [6.45, 7) is 1.86. The van der Waals surface area contributed by atoms with Crippen molar-refractivity contribution < 1.29 is 4.79 Å². The number of hydrogen-bond acceptors (Lipinski definition) is 5. The van der Waals surface area contributed by atoms with Crippen molar-refractivity contribution in [2.75, 3.05) is 5.32 Å². The van der Waals surface area contributed by atoms with Crippen LogP contribution in [0.1, 0.15) is 53.9 Å². The number of amides is 1. The van der Waals surface area contributed by atoms with Gasteiger partial charge in [-0.3, -0.25) is 4.79 Å². The Hall–Kier alpha value is -1.66. The van der Waals surface area contributed by atoms with E-state index in [1.54, 1.807) is 18.3 Å². The van der Waals surface area contributed by atoms with Crippen LogP contribution in [0.3, 0.4) is 0 Å². The van der Waals surface area contributed by atoms with Gasteiger partial charge in [0.15, 0.2) is 5.13 Å². The number of carbonyl (C=O) groups is 1. The lowest BCUT2D eigenvalue weighted by Crippen LogP contribution is -2.34. The third-order valence-corrected chi connectivity index (χ3v) is 5.45. The van der Waals surface area contributed by atoms with E-state index in [0.29, 0.717) is 20.8 Å². The van der Waals surface area contributed by atoms with E-state index in [1.807, 2.05) is 6.92 Å². The first-order chi connectivity index (χ1) is 11.6. The van der Waals surface area contributed by atoms with E-state index in [1.165, 1.54) is 37.0 Å². The standard InChI is InChI=1S/C17H21ClN4OS/c1-11-15(16(23)21-13-6-4-2-3-5-7-13)24-17(20-11)22-14-9-8-12(18)10-19-14/h8-10,13H,2-7H2,1H3,(H,21,23)(H,19,20,22). The molecule has 1 aliphatic carbocycles. The molecule has 5 nitrogen and oxygen atoms in total. The second-order valence-electron chi connectivity index (χ2n) is 6.08. The van der Waals surface area contributed by atoms with E-state index in [-0.39, 0.29) is 11.9 Å². The van der Waals surface area contributed by atoms with Gasteiger partial charge in [0, 0.05) is 12.2 Å². The minimum absolute atomic E-state index is 0.0194. The number of aromatic nitrogens is 2. The van der Waals surface area contributed by atoms with Crippen LogP contribution in [-0.2, 0) is 0 Å². The highest BCUT2D eigenvalue weighted by Gasteiger charge is 2.20. The lowest BCUT2D eigenvalue weighted by Gasteiger charge is -2.15. The topological polar surface area (TPSA) is 66.9 Å². The minimum Gasteiger partial charge on any atom is -0.349 e. The SMILES string of the molecule is Cc1nc(Nc2ccc(Cl)cn2)sc1C(=O)NC1CCCCCC1. The van der Waals surface area contributed by atoms with Crippen molar-refractivity contribution in [3.8, 4) is 0 Å². The van der Waals surface area contributed by atoms with Crippen molar-refractivity contribution in [1.29, 1.82) is 0 Å². The normalized spacial score (nSPS) is 15.8. The molecule has 1 saturated carbocycles. The second kappa shape index (κ2) is 7.94. The lowest BCUT2D eigenvalue weighted by atomic mass is 10.1. The number of nitrogens with one attached hydrogen (secondary N) is 2. The second-order valence-corrected chi connectivity index (χ2v) is 7.52. The largest absolute Gasteiger partial charge is 0.349 e. The average Bonchev–Trinajstić information content (AvgIpc) is 2.76. The fourth-order valence-electron chi connectivity index (χ4n) is 2.89. The number of pyridine rings is 1. The van der Waals surface area contributed by atoms with Crippen LogP contribution >= 0.6 is 22.9 Å². The van der Waals surface area contributed by atoms with Crippen LogP contribution in [0.4, 0.5) is 10.9 Å².